The largest absolute Gasteiger partial charge is 0.505 e. The second-order valence-corrected chi connectivity index (χ2v) is 7.30. The van der Waals surface area contributed by atoms with Crippen molar-refractivity contribution in [3.63, 3.8) is 0 Å². The molecule has 0 bridgehead atoms. The van der Waals surface area contributed by atoms with Crippen LogP contribution in [0.15, 0.2) is 54.1 Å². The molecular weight excluding hydrogens is 444 g/mol. The molecule has 2 aromatic rings. The van der Waals surface area contributed by atoms with Gasteiger partial charge < -0.3 is 15.3 Å². The van der Waals surface area contributed by atoms with Gasteiger partial charge in [0, 0.05) is 6.08 Å². The number of phenols is 1. The maximum absolute atomic E-state index is 13.9. The summed E-state index contributed by atoms with van der Waals surface area (Å²) in [5.74, 6) is -4.72. The topological polar surface area (TPSA) is 94.8 Å². The van der Waals surface area contributed by atoms with E-state index in [2.05, 4.69) is 0 Å². The van der Waals surface area contributed by atoms with Crippen LogP contribution in [0.3, 0.4) is 0 Å². The fourth-order valence-corrected chi connectivity index (χ4v) is 3.39. The van der Waals surface area contributed by atoms with Crippen molar-refractivity contribution in [2.75, 3.05) is 0 Å². The first-order valence-corrected chi connectivity index (χ1v) is 10.0. The number of carboxylic acid groups (broad SMARTS) is 2. The van der Waals surface area contributed by atoms with Crippen LogP contribution < -0.4 is 0 Å². The summed E-state index contributed by atoms with van der Waals surface area (Å²) in [7, 11) is 0. The Morgan fingerprint density at radius 2 is 1.42 bits per heavy atom. The molecule has 3 rings (SSSR count). The highest BCUT2D eigenvalue weighted by Crippen LogP contribution is 2.36. The Morgan fingerprint density at radius 1 is 0.879 bits per heavy atom. The minimum atomic E-state index is -5.08. The highest BCUT2D eigenvalue weighted by molar-refractivity contribution is 5.86. The van der Waals surface area contributed by atoms with E-state index in [-0.39, 0.29) is 5.75 Å². The molecule has 0 aliphatic heterocycles. The van der Waals surface area contributed by atoms with Gasteiger partial charge >= 0.3 is 18.1 Å². The molecule has 0 saturated heterocycles. The van der Waals surface area contributed by atoms with Gasteiger partial charge in [-0.2, -0.15) is 13.2 Å². The predicted molar refractivity (Wildman–Crippen MR) is 114 cm³/mol. The lowest BCUT2D eigenvalue weighted by Crippen LogP contribution is -2.21. The SMILES string of the molecule is O=C(O)/C=C/c1ccc(C(=C2CCCCC2)c2ccc(O)c(F)c2)cc1.O=C(O)C(F)(F)F. The maximum atomic E-state index is 13.9. The molecule has 176 valence electrons. The summed E-state index contributed by atoms with van der Waals surface area (Å²) >= 11 is 0. The normalized spacial score (nSPS) is 13.9. The molecule has 2 aromatic carbocycles. The molecule has 0 amide bonds. The van der Waals surface area contributed by atoms with Crippen molar-refractivity contribution in [2.45, 2.75) is 38.3 Å². The highest BCUT2D eigenvalue weighted by atomic mass is 19.4. The fraction of sp³-hybridized carbons (Fsp3) is 0.250. The molecule has 0 radical (unpaired) electrons. The summed E-state index contributed by atoms with van der Waals surface area (Å²) in [6.45, 7) is 0. The molecule has 5 nitrogen and oxygen atoms in total. The number of hydrogen-bond acceptors (Lipinski definition) is 3. The van der Waals surface area contributed by atoms with Gasteiger partial charge in [-0.1, -0.05) is 42.3 Å². The molecule has 0 atom stereocenters. The number of rotatable bonds is 4. The summed E-state index contributed by atoms with van der Waals surface area (Å²) in [6.07, 6.45) is 2.99. The van der Waals surface area contributed by atoms with Gasteiger partial charge in [0.2, 0.25) is 0 Å². The number of hydrogen-bond donors (Lipinski definition) is 3. The van der Waals surface area contributed by atoms with E-state index in [1.54, 1.807) is 12.1 Å². The zero-order chi connectivity index (χ0) is 24.6. The third-order valence-electron chi connectivity index (χ3n) is 4.91. The van der Waals surface area contributed by atoms with Crippen LogP contribution in [0.1, 0.15) is 48.8 Å². The summed E-state index contributed by atoms with van der Waals surface area (Å²) in [4.78, 5) is 19.5. The van der Waals surface area contributed by atoms with Crippen LogP contribution >= 0.6 is 0 Å². The minimum Gasteiger partial charge on any atom is -0.505 e. The van der Waals surface area contributed by atoms with Crippen molar-refractivity contribution in [1.29, 1.82) is 0 Å². The molecule has 1 fully saturated rings. The van der Waals surface area contributed by atoms with Gasteiger partial charge in [0.15, 0.2) is 11.6 Å². The van der Waals surface area contributed by atoms with E-state index in [4.69, 9.17) is 15.0 Å². The number of alkyl halides is 3. The number of benzene rings is 2. The van der Waals surface area contributed by atoms with Crippen LogP contribution in [-0.2, 0) is 9.59 Å². The molecule has 33 heavy (non-hydrogen) atoms. The van der Waals surface area contributed by atoms with Crippen molar-refractivity contribution in [1.82, 2.24) is 0 Å². The van der Waals surface area contributed by atoms with Crippen molar-refractivity contribution >= 4 is 23.6 Å². The Balaban J connectivity index is 0.000000479. The number of carboxylic acids is 2. The second-order valence-electron chi connectivity index (χ2n) is 7.30. The standard InChI is InChI=1S/C22H21FO3.C2HF3O2/c23-19-14-18(11-12-20(19)24)22(16-4-2-1-3-5-16)17-9-6-15(7-10-17)8-13-21(25)26;3-2(4,5)1(6)7/h6-14,24H,1-5H2,(H,25,26);(H,6,7)/b13-8+;. The molecule has 3 N–H and O–H groups in total. The Kier molecular flexibility index (Phi) is 8.78. The minimum absolute atomic E-state index is 0.351. The molecule has 9 heteroatoms. The van der Waals surface area contributed by atoms with Crippen molar-refractivity contribution in [2.24, 2.45) is 0 Å². The van der Waals surface area contributed by atoms with Gasteiger partial charge in [-0.15, -0.1) is 0 Å². The molecule has 1 aliphatic carbocycles. The van der Waals surface area contributed by atoms with Crippen LogP contribution in [0.5, 0.6) is 5.75 Å². The van der Waals surface area contributed by atoms with Crippen LogP contribution in [0.4, 0.5) is 17.6 Å². The summed E-state index contributed by atoms with van der Waals surface area (Å²) < 4.78 is 45.7. The van der Waals surface area contributed by atoms with Crippen LogP contribution in [-0.4, -0.2) is 33.4 Å². The Bertz CT molecular complexity index is 1050. The summed E-state index contributed by atoms with van der Waals surface area (Å²) in [5, 5.41) is 25.4. The monoisotopic (exact) mass is 466 g/mol. The van der Waals surface area contributed by atoms with Gasteiger partial charge in [0.05, 0.1) is 0 Å². The van der Waals surface area contributed by atoms with E-state index in [1.165, 1.54) is 24.1 Å². The zero-order valence-corrected chi connectivity index (χ0v) is 17.4. The molecule has 0 unspecified atom stereocenters. The van der Waals surface area contributed by atoms with E-state index in [0.29, 0.717) is 0 Å². The van der Waals surface area contributed by atoms with Crippen LogP contribution in [0.25, 0.3) is 11.6 Å². The number of aromatic hydroxyl groups is 1. The van der Waals surface area contributed by atoms with Crippen LogP contribution in [0, 0.1) is 5.82 Å². The number of phenolic OH excluding ortho intramolecular Hbond substituents is 1. The van der Waals surface area contributed by atoms with Gasteiger partial charge in [-0.25, -0.2) is 14.0 Å². The number of aliphatic carboxylic acids is 2. The average molecular weight is 466 g/mol. The summed E-state index contributed by atoms with van der Waals surface area (Å²) in [6, 6.07) is 12.1. The van der Waals surface area contributed by atoms with E-state index >= 15 is 0 Å². The lowest BCUT2D eigenvalue weighted by atomic mass is 9.85. The molecule has 0 heterocycles. The lowest BCUT2D eigenvalue weighted by Gasteiger charge is -2.20. The third-order valence-corrected chi connectivity index (χ3v) is 4.91. The Labute approximate surface area is 187 Å². The van der Waals surface area contributed by atoms with Gasteiger partial charge in [-0.3, -0.25) is 0 Å². The first kappa shape index (κ1) is 25.6. The smallest absolute Gasteiger partial charge is 0.490 e. The predicted octanol–water partition coefficient (Wildman–Crippen LogP) is 6.03. The van der Waals surface area contributed by atoms with Crippen molar-refractivity contribution in [3.05, 3.63) is 76.6 Å². The maximum Gasteiger partial charge on any atom is 0.490 e. The average Bonchev–Trinajstić information content (AvgIpc) is 2.76. The van der Waals surface area contributed by atoms with Gasteiger partial charge in [0.1, 0.15) is 0 Å². The van der Waals surface area contributed by atoms with Crippen LogP contribution in [0.2, 0.25) is 0 Å². The van der Waals surface area contributed by atoms with E-state index in [9.17, 15) is 27.5 Å². The molecule has 0 aromatic heterocycles. The number of allylic oxidation sites excluding steroid dienone is 1. The Morgan fingerprint density at radius 3 is 1.91 bits per heavy atom. The molecule has 1 aliphatic rings. The zero-order valence-electron chi connectivity index (χ0n) is 17.4. The Hall–Kier alpha value is -3.62. The first-order chi connectivity index (χ1) is 15.5. The van der Waals surface area contributed by atoms with Gasteiger partial charge in [-0.05, 0) is 66.2 Å². The third kappa shape index (κ3) is 7.78. The van der Waals surface area contributed by atoms with E-state index < -0.39 is 23.9 Å². The number of carbonyl (C=O) groups is 2. The quantitative estimate of drug-likeness (QED) is 0.378. The van der Waals surface area contributed by atoms with Crippen molar-refractivity contribution < 1.29 is 42.5 Å². The van der Waals surface area contributed by atoms with Crippen molar-refractivity contribution in [3.8, 4) is 5.75 Å². The van der Waals surface area contributed by atoms with E-state index in [1.807, 2.05) is 24.3 Å². The van der Waals surface area contributed by atoms with E-state index in [0.717, 1.165) is 54.0 Å². The first-order valence-electron chi connectivity index (χ1n) is 10.0. The fourth-order valence-electron chi connectivity index (χ4n) is 3.39. The van der Waals surface area contributed by atoms with Gasteiger partial charge in [0.25, 0.3) is 0 Å². The number of halogens is 4. The molecule has 1 saturated carbocycles. The summed E-state index contributed by atoms with van der Waals surface area (Å²) in [5.41, 5.74) is 4.83. The highest BCUT2D eigenvalue weighted by Gasteiger charge is 2.38. The molecular formula is C24H22F4O5. The second kappa shape index (κ2) is 11.3. The lowest BCUT2D eigenvalue weighted by molar-refractivity contribution is -0.192. The molecule has 0 spiro atoms.